The van der Waals surface area contributed by atoms with Crippen molar-refractivity contribution in [3.05, 3.63) is 54.6 Å². The average molecular weight is 353 g/mol. The summed E-state index contributed by atoms with van der Waals surface area (Å²) in [7, 11) is 1.61. The van der Waals surface area contributed by atoms with Crippen molar-refractivity contribution in [3.63, 3.8) is 0 Å². The molecule has 1 heterocycles. The molecule has 2 aromatic carbocycles. The number of thioether (sulfide) groups is 1. The van der Waals surface area contributed by atoms with Crippen LogP contribution in [-0.2, 0) is 9.53 Å². The molecule has 0 saturated heterocycles. The summed E-state index contributed by atoms with van der Waals surface area (Å²) in [6, 6.07) is 18.0. The molecule has 25 heavy (non-hydrogen) atoms. The fourth-order valence-electron chi connectivity index (χ4n) is 2.47. The summed E-state index contributed by atoms with van der Waals surface area (Å²) in [5.41, 5.74) is 1.88. The smallest absolute Gasteiger partial charge is 0.230 e. The molecule has 0 aliphatic carbocycles. The Bertz CT molecular complexity index is 856. The van der Waals surface area contributed by atoms with Crippen LogP contribution < -0.4 is 5.32 Å². The Labute approximate surface area is 150 Å². The predicted octanol–water partition coefficient (Wildman–Crippen LogP) is 3.15. The number of aromatic nitrogens is 2. The van der Waals surface area contributed by atoms with Gasteiger partial charge in [0.25, 0.3) is 0 Å². The number of benzene rings is 2. The van der Waals surface area contributed by atoms with Crippen LogP contribution in [0.1, 0.15) is 0 Å². The zero-order valence-electron chi connectivity index (χ0n) is 13.9. The van der Waals surface area contributed by atoms with Crippen molar-refractivity contribution in [2.45, 2.75) is 5.03 Å². The Morgan fingerprint density at radius 3 is 2.52 bits per heavy atom. The summed E-state index contributed by atoms with van der Waals surface area (Å²) in [5.74, 6) is 0.257. The summed E-state index contributed by atoms with van der Waals surface area (Å²) < 4.78 is 4.92. The van der Waals surface area contributed by atoms with E-state index >= 15 is 0 Å². The molecular formula is C19H19N3O2S. The summed E-state index contributed by atoms with van der Waals surface area (Å²) >= 11 is 1.39. The van der Waals surface area contributed by atoms with Gasteiger partial charge in [-0.15, -0.1) is 10.2 Å². The van der Waals surface area contributed by atoms with Gasteiger partial charge < -0.3 is 10.1 Å². The first-order valence-corrected chi connectivity index (χ1v) is 8.97. The molecule has 6 heteroatoms. The van der Waals surface area contributed by atoms with Crippen molar-refractivity contribution < 1.29 is 9.53 Å². The molecule has 3 aromatic rings. The van der Waals surface area contributed by atoms with Crippen molar-refractivity contribution in [1.82, 2.24) is 15.5 Å². The molecule has 0 spiro atoms. The van der Waals surface area contributed by atoms with Crippen LogP contribution in [0.5, 0.6) is 0 Å². The van der Waals surface area contributed by atoms with Crippen LogP contribution in [0.4, 0.5) is 0 Å². The van der Waals surface area contributed by atoms with Crippen LogP contribution in [0.2, 0.25) is 0 Å². The molecule has 0 bridgehead atoms. The van der Waals surface area contributed by atoms with Crippen molar-refractivity contribution in [2.24, 2.45) is 0 Å². The van der Waals surface area contributed by atoms with Crippen LogP contribution in [-0.4, -0.2) is 42.1 Å². The standard InChI is InChI=1S/C19H19N3O2S/c1-24-12-11-20-17(23)13-25-19-16-10-6-5-9-15(16)18(21-22-19)14-7-3-2-4-8-14/h2-10H,11-13H2,1H3,(H,20,23). The molecule has 0 fully saturated rings. The molecule has 3 rings (SSSR count). The Balaban J connectivity index is 1.82. The Morgan fingerprint density at radius 2 is 1.76 bits per heavy atom. The highest BCUT2D eigenvalue weighted by Gasteiger charge is 2.12. The minimum atomic E-state index is -0.0416. The molecule has 1 amide bonds. The zero-order valence-corrected chi connectivity index (χ0v) is 14.8. The first-order chi connectivity index (χ1) is 12.3. The second-order valence-electron chi connectivity index (χ2n) is 5.40. The van der Waals surface area contributed by atoms with E-state index < -0.39 is 0 Å². The van der Waals surface area contributed by atoms with Gasteiger partial charge in [0.05, 0.1) is 12.4 Å². The van der Waals surface area contributed by atoms with Gasteiger partial charge in [-0.25, -0.2) is 0 Å². The van der Waals surface area contributed by atoms with Gasteiger partial charge in [0.15, 0.2) is 0 Å². The zero-order chi connectivity index (χ0) is 17.5. The van der Waals surface area contributed by atoms with E-state index in [0.717, 1.165) is 27.1 Å². The third-order valence-corrected chi connectivity index (χ3v) is 4.65. The fourth-order valence-corrected chi connectivity index (χ4v) is 3.27. The SMILES string of the molecule is COCCNC(=O)CSc1nnc(-c2ccccc2)c2ccccc12. The second kappa shape index (κ2) is 8.60. The largest absolute Gasteiger partial charge is 0.383 e. The van der Waals surface area contributed by atoms with E-state index in [4.69, 9.17) is 4.74 Å². The van der Waals surface area contributed by atoms with Crippen LogP contribution in [0.25, 0.3) is 22.0 Å². The van der Waals surface area contributed by atoms with Gasteiger partial charge in [-0.05, 0) is 0 Å². The van der Waals surface area contributed by atoms with E-state index in [1.54, 1.807) is 7.11 Å². The molecule has 0 aliphatic heterocycles. The second-order valence-corrected chi connectivity index (χ2v) is 6.36. The van der Waals surface area contributed by atoms with E-state index in [0.29, 0.717) is 18.9 Å². The molecule has 1 aromatic heterocycles. The van der Waals surface area contributed by atoms with E-state index in [2.05, 4.69) is 15.5 Å². The van der Waals surface area contributed by atoms with Gasteiger partial charge in [-0.3, -0.25) is 4.79 Å². The number of methoxy groups -OCH3 is 1. The average Bonchev–Trinajstić information content (AvgIpc) is 2.67. The van der Waals surface area contributed by atoms with E-state index in [1.165, 1.54) is 11.8 Å². The number of rotatable bonds is 7. The van der Waals surface area contributed by atoms with Crippen LogP contribution in [0.3, 0.4) is 0 Å². The van der Waals surface area contributed by atoms with Gasteiger partial charge in [-0.1, -0.05) is 66.4 Å². The van der Waals surface area contributed by atoms with Crippen LogP contribution >= 0.6 is 11.8 Å². The first-order valence-electron chi connectivity index (χ1n) is 7.99. The van der Waals surface area contributed by atoms with Crippen molar-refractivity contribution >= 4 is 28.4 Å². The molecule has 0 unspecified atom stereocenters. The van der Waals surface area contributed by atoms with E-state index in [-0.39, 0.29) is 5.91 Å². The summed E-state index contributed by atoms with van der Waals surface area (Å²) in [6.45, 7) is 1.01. The van der Waals surface area contributed by atoms with Crippen LogP contribution in [0, 0.1) is 0 Å². The maximum Gasteiger partial charge on any atom is 0.230 e. The lowest BCUT2D eigenvalue weighted by atomic mass is 10.1. The lowest BCUT2D eigenvalue weighted by Crippen LogP contribution is -2.28. The van der Waals surface area contributed by atoms with Crippen molar-refractivity contribution in [2.75, 3.05) is 26.0 Å². The molecule has 0 aliphatic rings. The quantitative estimate of drug-likeness (QED) is 0.522. The van der Waals surface area contributed by atoms with Crippen LogP contribution in [0.15, 0.2) is 59.6 Å². The number of carbonyl (C=O) groups is 1. The lowest BCUT2D eigenvalue weighted by Gasteiger charge is -2.09. The number of nitrogens with one attached hydrogen (secondary N) is 1. The molecule has 0 saturated carbocycles. The van der Waals surface area contributed by atoms with Gasteiger partial charge in [0.2, 0.25) is 5.91 Å². The summed E-state index contributed by atoms with van der Waals surface area (Å²) in [6.07, 6.45) is 0. The normalized spacial score (nSPS) is 10.8. The molecular weight excluding hydrogens is 334 g/mol. The minimum Gasteiger partial charge on any atom is -0.383 e. The number of carbonyl (C=O) groups excluding carboxylic acids is 1. The van der Waals surface area contributed by atoms with Gasteiger partial charge in [-0.2, -0.15) is 0 Å². The molecule has 0 atom stereocenters. The summed E-state index contributed by atoms with van der Waals surface area (Å²) in [5, 5.41) is 14.4. The highest BCUT2D eigenvalue weighted by Crippen LogP contribution is 2.31. The highest BCUT2D eigenvalue weighted by atomic mass is 32.2. The maximum absolute atomic E-state index is 11.9. The molecule has 0 radical (unpaired) electrons. The van der Waals surface area contributed by atoms with Gasteiger partial charge in [0, 0.05) is 30.0 Å². The third-order valence-electron chi connectivity index (χ3n) is 3.67. The first kappa shape index (κ1) is 17.4. The number of fused-ring (bicyclic) bond motifs is 1. The minimum absolute atomic E-state index is 0.0416. The Kier molecular flexibility index (Phi) is 5.98. The predicted molar refractivity (Wildman–Crippen MR) is 101 cm³/mol. The van der Waals surface area contributed by atoms with Crippen molar-refractivity contribution in [3.8, 4) is 11.3 Å². The van der Waals surface area contributed by atoms with E-state index in [1.807, 2.05) is 54.6 Å². The van der Waals surface area contributed by atoms with Gasteiger partial charge in [0.1, 0.15) is 10.7 Å². The number of hydrogen-bond donors (Lipinski definition) is 1. The maximum atomic E-state index is 11.9. The topological polar surface area (TPSA) is 64.1 Å². The monoisotopic (exact) mass is 353 g/mol. The summed E-state index contributed by atoms with van der Waals surface area (Å²) in [4.78, 5) is 11.9. The molecule has 128 valence electrons. The number of nitrogens with zero attached hydrogens (tertiary/aromatic N) is 2. The Hall–Kier alpha value is -2.44. The van der Waals surface area contributed by atoms with E-state index in [9.17, 15) is 4.79 Å². The Morgan fingerprint density at radius 1 is 1.04 bits per heavy atom. The number of amides is 1. The number of hydrogen-bond acceptors (Lipinski definition) is 5. The molecule has 1 N–H and O–H groups in total. The highest BCUT2D eigenvalue weighted by molar-refractivity contribution is 8.00. The molecule has 5 nitrogen and oxygen atoms in total. The lowest BCUT2D eigenvalue weighted by molar-refractivity contribution is -0.118. The van der Waals surface area contributed by atoms with Crippen molar-refractivity contribution in [1.29, 1.82) is 0 Å². The number of ether oxygens (including phenoxy) is 1. The van der Waals surface area contributed by atoms with Gasteiger partial charge >= 0.3 is 0 Å². The fraction of sp³-hybridized carbons (Fsp3) is 0.211. The third kappa shape index (κ3) is 4.35.